The molecule has 4 nitrogen and oxygen atoms in total. The summed E-state index contributed by atoms with van der Waals surface area (Å²) < 4.78 is 5.38. The molecule has 104 valence electrons. The smallest absolute Gasteiger partial charge is 0.151 e. The van der Waals surface area contributed by atoms with E-state index in [1.54, 1.807) is 7.11 Å². The monoisotopic (exact) mass is 269 g/mol. The molecule has 0 N–H and O–H groups in total. The van der Waals surface area contributed by atoms with E-state index < -0.39 is 0 Å². The Morgan fingerprint density at radius 2 is 1.90 bits per heavy atom. The van der Waals surface area contributed by atoms with Crippen molar-refractivity contribution in [2.45, 2.75) is 19.4 Å². The van der Waals surface area contributed by atoms with Crippen molar-refractivity contribution in [3.05, 3.63) is 42.0 Å². The molecule has 0 spiro atoms. The first-order valence-corrected chi connectivity index (χ1v) is 6.95. The van der Waals surface area contributed by atoms with Gasteiger partial charge >= 0.3 is 0 Å². The van der Waals surface area contributed by atoms with Gasteiger partial charge in [0, 0.05) is 25.8 Å². The van der Waals surface area contributed by atoms with Gasteiger partial charge < -0.3 is 9.64 Å². The molecular weight excluding hydrogens is 250 g/mol. The van der Waals surface area contributed by atoms with Gasteiger partial charge in [0.1, 0.15) is 0 Å². The maximum absolute atomic E-state index is 5.38. The third kappa shape index (κ3) is 2.65. The van der Waals surface area contributed by atoms with Crippen LogP contribution in [0.15, 0.2) is 36.4 Å². The molecule has 1 aliphatic heterocycles. The molecule has 20 heavy (non-hydrogen) atoms. The summed E-state index contributed by atoms with van der Waals surface area (Å²) in [6.07, 6.45) is 1.37. The lowest BCUT2D eigenvalue weighted by Gasteiger charge is -2.16. The lowest BCUT2D eigenvalue weighted by atomic mass is 10.1. The van der Waals surface area contributed by atoms with Gasteiger partial charge in [0.15, 0.2) is 5.82 Å². The SMILES string of the molecule is COC1CCN(c2ccc(-c3ccc(C)cc3)nn2)C1. The lowest BCUT2D eigenvalue weighted by Crippen LogP contribution is -2.23. The number of methoxy groups -OCH3 is 1. The summed E-state index contributed by atoms with van der Waals surface area (Å²) in [4.78, 5) is 2.22. The van der Waals surface area contributed by atoms with E-state index in [9.17, 15) is 0 Å². The molecule has 0 radical (unpaired) electrons. The summed E-state index contributed by atoms with van der Waals surface area (Å²) >= 11 is 0. The van der Waals surface area contributed by atoms with E-state index in [0.717, 1.165) is 36.6 Å². The molecule has 1 fully saturated rings. The number of benzene rings is 1. The minimum absolute atomic E-state index is 0.313. The summed E-state index contributed by atoms with van der Waals surface area (Å²) in [5.41, 5.74) is 3.27. The Balaban J connectivity index is 1.76. The van der Waals surface area contributed by atoms with E-state index >= 15 is 0 Å². The van der Waals surface area contributed by atoms with Crippen LogP contribution in [0.3, 0.4) is 0 Å². The Bertz CT molecular complexity index is 565. The van der Waals surface area contributed by atoms with Crippen molar-refractivity contribution >= 4 is 5.82 Å². The fourth-order valence-corrected chi connectivity index (χ4v) is 2.50. The Hall–Kier alpha value is -1.94. The van der Waals surface area contributed by atoms with E-state index in [1.807, 2.05) is 12.1 Å². The fraction of sp³-hybridized carbons (Fsp3) is 0.375. The van der Waals surface area contributed by atoms with Crippen LogP contribution in [0.5, 0.6) is 0 Å². The van der Waals surface area contributed by atoms with Gasteiger partial charge in [-0.25, -0.2) is 0 Å². The Kier molecular flexibility index (Phi) is 3.65. The zero-order valence-electron chi connectivity index (χ0n) is 11.9. The quantitative estimate of drug-likeness (QED) is 0.858. The van der Waals surface area contributed by atoms with Crippen molar-refractivity contribution < 1.29 is 4.74 Å². The van der Waals surface area contributed by atoms with E-state index in [-0.39, 0.29) is 0 Å². The van der Waals surface area contributed by atoms with Crippen LogP contribution >= 0.6 is 0 Å². The van der Waals surface area contributed by atoms with E-state index in [1.165, 1.54) is 5.56 Å². The fourth-order valence-electron chi connectivity index (χ4n) is 2.50. The van der Waals surface area contributed by atoms with Crippen LogP contribution in [0.4, 0.5) is 5.82 Å². The zero-order chi connectivity index (χ0) is 13.9. The van der Waals surface area contributed by atoms with E-state index in [0.29, 0.717) is 6.10 Å². The first-order chi connectivity index (χ1) is 9.76. The van der Waals surface area contributed by atoms with Crippen molar-refractivity contribution in [1.29, 1.82) is 0 Å². The van der Waals surface area contributed by atoms with Crippen molar-refractivity contribution in [1.82, 2.24) is 10.2 Å². The first-order valence-electron chi connectivity index (χ1n) is 6.95. The van der Waals surface area contributed by atoms with Crippen LogP contribution in [0.1, 0.15) is 12.0 Å². The predicted molar refractivity (Wildman–Crippen MR) is 79.8 cm³/mol. The maximum atomic E-state index is 5.38. The maximum Gasteiger partial charge on any atom is 0.151 e. The van der Waals surface area contributed by atoms with Crippen LogP contribution in [0.25, 0.3) is 11.3 Å². The number of ether oxygens (including phenoxy) is 1. The van der Waals surface area contributed by atoms with Crippen molar-refractivity contribution in [2.75, 3.05) is 25.1 Å². The molecule has 2 heterocycles. The number of anilines is 1. The number of hydrogen-bond acceptors (Lipinski definition) is 4. The minimum Gasteiger partial charge on any atom is -0.380 e. The molecule has 1 aromatic carbocycles. The molecular formula is C16H19N3O. The molecule has 0 amide bonds. The van der Waals surface area contributed by atoms with Gasteiger partial charge in [-0.3, -0.25) is 0 Å². The molecule has 0 bridgehead atoms. The van der Waals surface area contributed by atoms with Crippen LogP contribution in [-0.2, 0) is 4.74 Å². The standard InChI is InChI=1S/C16H19N3O/c1-12-3-5-13(6-4-12)15-7-8-16(18-17-15)19-10-9-14(11-19)20-2/h3-8,14H,9-11H2,1-2H3. The van der Waals surface area contributed by atoms with Gasteiger partial charge in [0.05, 0.1) is 11.8 Å². The summed E-state index contributed by atoms with van der Waals surface area (Å²) in [5, 5.41) is 8.69. The second-order valence-corrected chi connectivity index (χ2v) is 5.24. The number of aryl methyl sites for hydroxylation is 1. The summed E-state index contributed by atoms with van der Waals surface area (Å²) in [7, 11) is 1.76. The highest BCUT2D eigenvalue weighted by atomic mass is 16.5. The van der Waals surface area contributed by atoms with Gasteiger partial charge in [0.2, 0.25) is 0 Å². The largest absolute Gasteiger partial charge is 0.380 e. The number of hydrogen-bond donors (Lipinski definition) is 0. The van der Waals surface area contributed by atoms with E-state index in [4.69, 9.17) is 4.74 Å². The van der Waals surface area contributed by atoms with Gasteiger partial charge in [0.25, 0.3) is 0 Å². The van der Waals surface area contributed by atoms with Crippen LogP contribution < -0.4 is 4.90 Å². The third-order valence-corrected chi connectivity index (χ3v) is 3.80. The Labute approximate surface area is 119 Å². The molecule has 1 aliphatic rings. The number of nitrogens with zero attached hydrogens (tertiary/aromatic N) is 3. The summed E-state index contributed by atoms with van der Waals surface area (Å²) in [6, 6.07) is 12.4. The lowest BCUT2D eigenvalue weighted by molar-refractivity contribution is 0.121. The third-order valence-electron chi connectivity index (χ3n) is 3.80. The van der Waals surface area contributed by atoms with Crippen molar-refractivity contribution in [3.8, 4) is 11.3 Å². The molecule has 3 rings (SSSR count). The predicted octanol–water partition coefficient (Wildman–Crippen LogP) is 2.68. The van der Waals surface area contributed by atoms with Crippen molar-refractivity contribution in [3.63, 3.8) is 0 Å². The topological polar surface area (TPSA) is 38.2 Å². The molecule has 0 saturated carbocycles. The molecule has 1 aromatic heterocycles. The number of rotatable bonds is 3. The van der Waals surface area contributed by atoms with Crippen LogP contribution in [-0.4, -0.2) is 36.5 Å². The Morgan fingerprint density at radius 1 is 1.10 bits per heavy atom. The van der Waals surface area contributed by atoms with E-state index in [2.05, 4.69) is 46.3 Å². The van der Waals surface area contributed by atoms with Crippen LogP contribution in [0.2, 0.25) is 0 Å². The molecule has 4 heteroatoms. The highest BCUT2D eigenvalue weighted by Gasteiger charge is 2.23. The van der Waals surface area contributed by atoms with Gasteiger partial charge in [-0.05, 0) is 25.5 Å². The first kappa shape index (κ1) is 13.1. The van der Waals surface area contributed by atoms with Crippen molar-refractivity contribution in [2.24, 2.45) is 0 Å². The normalized spacial score (nSPS) is 18.5. The summed E-state index contributed by atoms with van der Waals surface area (Å²) in [6.45, 7) is 3.96. The zero-order valence-corrected chi connectivity index (χ0v) is 11.9. The highest BCUT2D eigenvalue weighted by Crippen LogP contribution is 2.22. The van der Waals surface area contributed by atoms with Crippen LogP contribution in [0, 0.1) is 6.92 Å². The molecule has 1 unspecified atom stereocenters. The summed E-state index contributed by atoms with van der Waals surface area (Å²) in [5.74, 6) is 0.931. The average Bonchev–Trinajstić information content (AvgIpc) is 2.97. The average molecular weight is 269 g/mol. The molecule has 1 saturated heterocycles. The van der Waals surface area contributed by atoms with Gasteiger partial charge in [-0.2, -0.15) is 0 Å². The van der Waals surface area contributed by atoms with Gasteiger partial charge in [-0.15, -0.1) is 10.2 Å². The molecule has 0 aliphatic carbocycles. The minimum atomic E-state index is 0.313. The second-order valence-electron chi connectivity index (χ2n) is 5.24. The van der Waals surface area contributed by atoms with Gasteiger partial charge in [-0.1, -0.05) is 29.8 Å². The molecule has 2 aromatic rings. The molecule has 1 atom stereocenters. The Morgan fingerprint density at radius 3 is 2.50 bits per heavy atom. The second kappa shape index (κ2) is 5.59. The highest BCUT2D eigenvalue weighted by molar-refractivity contribution is 5.60. The number of aromatic nitrogens is 2.